The minimum absolute atomic E-state index is 0.154. The third kappa shape index (κ3) is 4.02. The summed E-state index contributed by atoms with van der Waals surface area (Å²) in [5.41, 5.74) is 0. The molecular weight excluding hydrogens is 264 g/mol. The molecule has 0 amide bonds. The van der Waals surface area contributed by atoms with Crippen molar-refractivity contribution in [1.29, 1.82) is 0 Å². The molecule has 0 spiro atoms. The predicted molar refractivity (Wildman–Crippen MR) is 73.7 cm³/mol. The summed E-state index contributed by atoms with van der Waals surface area (Å²) in [6, 6.07) is -0.154. The fourth-order valence-electron chi connectivity index (χ4n) is 2.30. The van der Waals surface area contributed by atoms with Crippen molar-refractivity contribution in [3.8, 4) is 0 Å². The Kier molecular flexibility index (Phi) is 4.59. The Morgan fingerprint density at radius 2 is 2.11 bits per heavy atom. The molecule has 7 heteroatoms. The molecule has 2 heterocycles. The van der Waals surface area contributed by atoms with E-state index in [1.807, 2.05) is 17.7 Å². The van der Waals surface area contributed by atoms with Crippen LogP contribution in [0.1, 0.15) is 26.7 Å². The molecule has 0 unspecified atom stereocenters. The van der Waals surface area contributed by atoms with Crippen LogP contribution in [0.5, 0.6) is 0 Å². The lowest BCUT2D eigenvalue weighted by Gasteiger charge is -2.30. The quantitative estimate of drug-likeness (QED) is 0.872. The highest BCUT2D eigenvalue weighted by Crippen LogP contribution is 2.18. The summed E-state index contributed by atoms with van der Waals surface area (Å²) < 4.78 is 30.6. The molecule has 0 bridgehead atoms. The maximum absolute atomic E-state index is 12.2. The van der Waals surface area contributed by atoms with E-state index in [1.54, 1.807) is 16.8 Å². The molecule has 1 fully saturated rings. The molecule has 1 aromatic rings. The predicted octanol–water partition coefficient (Wildman–Crippen LogP) is 0.838. The van der Waals surface area contributed by atoms with Crippen LogP contribution in [0.4, 0.5) is 0 Å². The largest absolute Gasteiger partial charge is 0.336 e. The van der Waals surface area contributed by atoms with E-state index in [4.69, 9.17) is 0 Å². The van der Waals surface area contributed by atoms with E-state index < -0.39 is 10.2 Å². The lowest BCUT2D eigenvalue weighted by molar-refractivity contribution is 0.283. The number of piperidine rings is 1. The van der Waals surface area contributed by atoms with Gasteiger partial charge in [-0.1, -0.05) is 6.92 Å². The fourth-order valence-corrected chi connectivity index (χ4v) is 3.73. The molecule has 1 atom stereocenters. The number of nitrogens with one attached hydrogen (secondary N) is 1. The van der Waals surface area contributed by atoms with Crippen molar-refractivity contribution in [2.24, 2.45) is 5.92 Å². The van der Waals surface area contributed by atoms with Crippen molar-refractivity contribution >= 4 is 10.2 Å². The Bertz CT molecular complexity index is 478. The first-order valence-electron chi connectivity index (χ1n) is 6.70. The Hall–Kier alpha value is -0.920. The minimum Gasteiger partial charge on any atom is -0.336 e. The first-order chi connectivity index (χ1) is 8.97. The van der Waals surface area contributed by atoms with Crippen molar-refractivity contribution in [3.05, 3.63) is 18.7 Å². The second-order valence-corrected chi connectivity index (χ2v) is 7.07. The lowest BCUT2D eigenvalue weighted by Crippen LogP contribution is -2.48. The average molecular weight is 286 g/mol. The zero-order chi connectivity index (χ0) is 13.9. The van der Waals surface area contributed by atoms with Gasteiger partial charge in [-0.05, 0) is 25.7 Å². The van der Waals surface area contributed by atoms with Crippen LogP contribution in [0.2, 0.25) is 0 Å². The monoisotopic (exact) mass is 286 g/mol. The Balaban J connectivity index is 1.89. The average Bonchev–Trinajstić information content (AvgIpc) is 2.81. The maximum Gasteiger partial charge on any atom is 0.279 e. The summed E-state index contributed by atoms with van der Waals surface area (Å²) in [7, 11) is -3.36. The van der Waals surface area contributed by atoms with Crippen LogP contribution in [-0.4, -0.2) is 41.4 Å². The zero-order valence-corrected chi connectivity index (χ0v) is 12.3. The van der Waals surface area contributed by atoms with E-state index in [0.717, 1.165) is 12.8 Å². The number of hydrogen-bond acceptors (Lipinski definition) is 3. The van der Waals surface area contributed by atoms with Crippen LogP contribution in [0, 0.1) is 5.92 Å². The topological polar surface area (TPSA) is 67.2 Å². The summed E-state index contributed by atoms with van der Waals surface area (Å²) in [5.74, 6) is 0.620. The van der Waals surface area contributed by atoms with E-state index in [2.05, 4.69) is 16.6 Å². The third-order valence-electron chi connectivity index (χ3n) is 3.48. The molecule has 1 N–H and O–H groups in total. The van der Waals surface area contributed by atoms with Crippen molar-refractivity contribution in [2.75, 3.05) is 13.1 Å². The minimum atomic E-state index is -3.36. The van der Waals surface area contributed by atoms with Gasteiger partial charge in [0, 0.05) is 38.1 Å². The number of imidazole rings is 1. The second-order valence-electron chi connectivity index (χ2n) is 5.36. The first kappa shape index (κ1) is 14.5. The number of nitrogens with zero attached hydrogens (tertiary/aromatic N) is 3. The van der Waals surface area contributed by atoms with Gasteiger partial charge in [-0.3, -0.25) is 0 Å². The SMILES string of the molecule is CC1CCN(S(=O)(=O)N[C@@H](C)Cn2ccnc2)CC1. The van der Waals surface area contributed by atoms with E-state index >= 15 is 0 Å². The number of rotatable bonds is 5. The van der Waals surface area contributed by atoms with Gasteiger partial charge in [0.1, 0.15) is 0 Å². The van der Waals surface area contributed by atoms with Gasteiger partial charge >= 0.3 is 0 Å². The second kappa shape index (κ2) is 6.02. The molecule has 0 saturated carbocycles. The molecule has 0 aliphatic carbocycles. The molecule has 0 aromatic carbocycles. The molecule has 1 saturated heterocycles. The zero-order valence-electron chi connectivity index (χ0n) is 11.5. The molecule has 1 aromatic heterocycles. The molecule has 0 radical (unpaired) electrons. The number of aromatic nitrogens is 2. The van der Waals surface area contributed by atoms with Crippen LogP contribution in [-0.2, 0) is 16.8 Å². The Morgan fingerprint density at radius 3 is 2.68 bits per heavy atom. The Labute approximate surface area is 115 Å². The highest BCUT2D eigenvalue weighted by molar-refractivity contribution is 7.87. The molecule has 2 rings (SSSR count). The molecule has 1 aliphatic rings. The standard InChI is InChI=1S/C12H22N4O2S/c1-11-3-6-16(7-4-11)19(17,18)14-12(2)9-15-8-5-13-10-15/h5,8,10-12,14H,3-4,6-7,9H2,1-2H3/t12-/m0/s1. The summed E-state index contributed by atoms with van der Waals surface area (Å²) in [6.45, 7) is 5.86. The van der Waals surface area contributed by atoms with Gasteiger partial charge in [0.05, 0.1) is 6.33 Å². The highest BCUT2D eigenvalue weighted by Gasteiger charge is 2.27. The van der Waals surface area contributed by atoms with Crippen molar-refractivity contribution in [2.45, 2.75) is 39.3 Å². The highest BCUT2D eigenvalue weighted by atomic mass is 32.2. The molecule has 6 nitrogen and oxygen atoms in total. The summed E-state index contributed by atoms with van der Waals surface area (Å²) >= 11 is 0. The van der Waals surface area contributed by atoms with Gasteiger partial charge in [0.2, 0.25) is 0 Å². The van der Waals surface area contributed by atoms with Gasteiger partial charge in [0.25, 0.3) is 10.2 Å². The molecular formula is C12H22N4O2S. The molecule has 19 heavy (non-hydrogen) atoms. The fraction of sp³-hybridized carbons (Fsp3) is 0.750. The Morgan fingerprint density at radius 1 is 1.42 bits per heavy atom. The number of hydrogen-bond donors (Lipinski definition) is 1. The summed E-state index contributed by atoms with van der Waals surface area (Å²) in [5, 5.41) is 0. The van der Waals surface area contributed by atoms with E-state index in [0.29, 0.717) is 25.6 Å². The van der Waals surface area contributed by atoms with Crippen molar-refractivity contribution in [3.63, 3.8) is 0 Å². The van der Waals surface area contributed by atoms with Crippen molar-refractivity contribution in [1.82, 2.24) is 18.6 Å². The van der Waals surface area contributed by atoms with E-state index in [9.17, 15) is 8.42 Å². The van der Waals surface area contributed by atoms with Crippen molar-refractivity contribution < 1.29 is 8.42 Å². The molecule has 1 aliphatic heterocycles. The van der Waals surface area contributed by atoms with Gasteiger partial charge < -0.3 is 4.57 Å². The van der Waals surface area contributed by atoms with Crippen LogP contribution in [0.3, 0.4) is 0 Å². The smallest absolute Gasteiger partial charge is 0.279 e. The van der Waals surface area contributed by atoms with Gasteiger partial charge in [-0.25, -0.2) is 4.98 Å². The summed E-state index contributed by atoms with van der Waals surface area (Å²) in [6.07, 6.45) is 7.08. The van der Waals surface area contributed by atoms with Gasteiger partial charge in [-0.2, -0.15) is 17.4 Å². The lowest BCUT2D eigenvalue weighted by atomic mass is 10.0. The van der Waals surface area contributed by atoms with E-state index in [-0.39, 0.29) is 6.04 Å². The normalized spacial score (nSPS) is 20.5. The first-order valence-corrected chi connectivity index (χ1v) is 8.14. The third-order valence-corrected chi connectivity index (χ3v) is 5.22. The van der Waals surface area contributed by atoms with Gasteiger partial charge in [-0.15, -0.1) is 0 Å². The molecule has 108 valence electrons. The van der Waals surface area contributed by atoms with Crippen LogP contribution < -0.4 is 4.72 Å². The summed E-state index contributed by atoms with van der Waals surface area (Å²) in [4.78, 5) is 3.95. The van der Waals surface area contributed by atoms with Crippen LogP contribution in [0.15, 0.2) is 18.7 Å². The van der Waals surface area contributed by atoms with Gasteiger partial charge in [0.15, 0.2) is 0 Å². The van der Waals surface area contributed by atoms with Crippen LogP contribution in [0.25, 0.3) is 0 Å². The van der Waals surface area contributed by atoms with Crippen LogP contribution >= 0.6 is 0 Å². The van der Waals surface area contributed by atoms with E-state index in [1.165, 1.54) is 0 Å². The maximum atomic E-state index is 12.2.